The highest BCUT2D eigenvalue weighted by molar-refractivity contribution is 5.56. The quantitative estimate of drug-likeness (QED) is 0.0726. The number of halogens is 2. The fourth-order valence-corrected chi connectivity index (χ4v) is 10.9. The number of aryl methyl sites for hydroxylation is 1. The van der Waals surface area contributed by atoms with Crippen molar-refractivity contribution < 1.29 is 41.9 Å². The van der Waals surface area contributed by atoms with Crippen LogP contribution in [0.15, 0.2) is 131 Å². The van der Waals surface area contributed by atoms with Gasteiger partial charge in [-0.2, -0.15) is 0 Å². The molecule has 0 aromatic heterocycles. The van der Waals surface area contributed by atoms with E-state index in [0.717, 1.165) is 64.3 Å². The van der Waals surface area contributed by atoms with Gasteiger partial charge in [-0.25, -0.2) is 8.78 Å². The van der Waals surface area contributed by atoms with E-state index in [2.05, 4.69) is 142 Å². The third-order valence-electron chi connectivity index (χ3n) is 15.9. The topological polar surface area (TPSA) is 120 Å². The number of nitrogens with zero attached hydrogens (tertiary/aromatic N) is 4. The van der Waals surface area contributed by atoms with Crippen LogP contribution in [-0.4, -0.2) is 118 Å². The molecule has 0 spiro atoms. The lowest BCUT2D eigenvalue weighted by Crippen LogP contribution is -2.38. The number of para-hydroxylation sites is 3. The lowest BCUT2D eigenvalue weighted by atomic mass is 9.95. The van der Waals surface area contributed by atoms with Gasteiger partial charge < -0.3 is 48.7 Å². The summed E-state index contributed by atoms with van der Waals surface area (Å²) < 4.78 is 64.7. The van der Waals surface area contributed by atoms with Crippen LogP contribution in [0.3, 0.4) is 0 Å². The van der Waals surface area contributed by atoms with Crippen LogP contribution in [0.5, 0.6) is 11.5 Å². The van der Waals surface area contributed by atoms with Crippen molar-refractivity contribution in [2.75, 3.05) is 62.8 Å². The predicted molar refractivity (Wildman–Crippen MR) is 411 cm³/mol. The summed E-state index contributed by atoms with van der Waals surface area (Å²) in [6, 6.07) is 34.8. The highest BCUT2D eigenvalue weighted by Crippen LogP contribution is 2.29. The van der Waals surface area contributed by atoms with Crippen molar-refractivity contribution in [2.45, 2.75) is 271 Å². The number of hydrogen-bond donors (Lipinski definition) is 2. The summed E-state index contributed by atoms with van der Waals surface area (Å²) in [5, 5.41) is 7.98. The molecule has 6 aliphatic rings. The minimum atomic E-state index is -0.552. The molecule has 2 N–H and O–H groups in total. The maximum absolute atomic E-state index is 12.9. The average Bonchev–Trinajstić information content (AvgIpc) is 1.53. The third-order valence-corrected chi connectivity index (χ3v) is 15.9. The number of terminal acetylenes is 1. The molecule has 5 aromatic rings. The fraction of sp³-hybridized carbons (Fsp3) is 0.595. The number of rotatable bonds is 16. The SMILES string of the molecule is C.C.C#Cc1ccc(COC(C)C)cc1.CC(C)(C)N1CCCC1.CC(C)(C)OCCC1CCNCC1.CC(C)N1CCCc2ccccc21.CC(C)Nc1c(F)cccc1F.CC(C)OC1CC=CC1.CC(C)OCC1OCc2ccccc2O1.CC(C)Oc1ccc2c(c1)=NCN=2. The van der Waals surface area contributed by atoms with Crippen molar-refractivity contribution in [1.82, 2.24) is 10.2 Å². The molecule has 5 aromatic carbocycles. The highest BCUT2D eigenvalue weighted by Gasteiger charge is 2.24. The van der Waals surface area contributed by atoms with Crippen LogP contribution in [0.2, 0.25) is 0 Å². The Hall–Kier alpha value is -6.22. The van der Waals surface area contributed by atoms with Gasteiger partial charge in [0.15, 0.2) is 0 Å². The molecule has 0 bridgehead atoms. The number of piperidine rings is 1. The van der Waals surface area contributed by atoms with Crippen LogP contribution in [0.4, 0.5) is 20.2 Å². The first kappa shape index (κ1) is 88.9. The molecule has 1 unspecified atom stereocenters. The van der Waals surface area contributed by atoms with Gasteiger partial charge in [0.25, 0.3) is 0 Å². The second-order valence-corrected chi connectivity index (χ2v) is 28.8. The zero-order valence-electron chi connectivity index (χ0n) is 62.7. The molecule has 1 aliphatic carbocycles. The lowest BCUT2D eigenvalue weighted by Gasteiger charge is -2.34. The predicted octanol–water partition coefficient (Wildman–Crippen LogP) is 18.7. The minimum Gasteiger partial charge on any atom is -0.491 e. The van der Waals surface area contributed by atoms with E-state index in [9.17, 15) is 8.78 Å². The number of ether oxygens (including phenoxy) is 7. The molecular weight excluding hydrogens is 1240 g/mol. The Morgan fingerprint density at radius 1 is 0.677 bits per heavy atom. The Morgan fingerprint density at radius 2 is 1.28 bits per heavy atom. The minimum absolute atomic E-state index is 0. The van der Waals surface area contributed by atoms with Gasteiger partial charge in [0.2, 0.25) is 6.29 Å². The number of nitrogens with one attached hydrogen (secondary N) is 2. The second-order valence-electron chi connectivity index (χ2n) is 28.8. The first-order chi connectivity index (χ1) is 46.1. The summed E-state index contributed by atoms with van der Waals surface area (Å²) in [6.07, 6.45) is 22.3. The van der Waals surface area contributed by atoms with Crippen molar-refractivity contribution in [2.24, 2.45) is 15.9 Å². The van der Waals surface area contributed by atoms with Crippen molar-refractivity contribution in [3.8, 4) is 23.8 Å². The molecule has 0 amide bonds. The molecule has 5 aliphatic heterocycles. The van der Waals surface area contributed by atoms with Crippen LogP contribution in [-0.2, 0) is 43.3 Å². The number of likely N-dealkylation sites (tertiary alicyclic amines) is 1. The molecular formula is C84H132F2N6O7. The normalized spacial score (nSPS) is 16.1. The van der Waals surface area contributed by atoms with Crippen LogP contribution in [0.1, 0.15) is 213 Å². The van der Waals surface area contributed by atoms with E-state index in [-0.39, 0.29) is 56.8 Å². The summed E-state index contributed by atoms with van der Waals surface area (Å²) in [6.45, 7) is 47.1. The summed E-state index contributed by atoms with van der Waals surface area (Å²) in [4.78, 5) is 13.5. The van der Waals surface area contributed by atoms with E-state index < -0.39 is 11.6 Å². The standard InChI is InChI=1S/C12H17N.C12H16O3.C12H14O.C11H23NO.C10H12N2O.C9H11F2N.C8H17N.C8H14O.2CH4/c1-10(2)13-9-5-7-11-6-3-4-8-12(11)13;1-9(2)13-8-12-14-7-10-5-3-4-6-11(10)15-12;1-4-11-5-7-12(8-6-11)9-13-10(2)3;1-11(2,3)13-9-6-10-4-7-12-8-5-10;1-7(2)13-8-3-4-9-10(5-8)12-6-11-9;1-6(2)12-9-7(10)4-3-5-8(9)11;1-8(2,3)9-6-4-5-7-9;1-7(2)9-8-5-3-4-6-8;;/h3-4,6,8,10H,5,7,9H2,1-2H3;3-6,9,12H,7-8H2,1-2H3;1,5-8,10H,9H2,2-3H3;10,12H,4-9H2,1-3H3;3-5,7H,6H2,1-2H3;3-6,12H,1-2H3;4-7H2,1-3H3;3-4,7-8H,5-6H2,1-2H3;2*1H4. The van der Waals surface area contributed by atoms with E-state index in [1.165, 1.54) is 107 Å². The molecule has 554 valence electrons. The molecule has 11 rings (SSSR count). The van der Waals surface area contributed by atoms with Gasteiger partial charge in [0.1, 0.15) is 42.1 Å². The summed E-state index contributed by atoms with van der Waals surface area (Å²) in [7, 11) is 0. The van der Waals surface area contributed by atoms with Crippen LogP contribution >= 0.6 is 0 Å². The summed E-state index contributed by atoms with van der Waals surface area (Å²) in [5.74, 6) is 4.14. The van der Waals surface area contributed by atoms with Crippen molar-refractivity contribution in [3.63, 3.8) is 0 Å². The Bertz CT molecular complexity index is 3130. The van der Waals surface area contributed by atoms with E-state index in [1.807, 2.05) is 122 Å². The Kier molecular flexibility index (Phi) is 42.9. The maximum atomic E-state index is 12.9. The van der Waals surface area contributed by atoms with E-state index in [4.69, 9.17) is 39.6 Å². The molecule has 99 heavy (non-hydrogen) atoms. The Balaban J connectivity index is 0.000000385. The monoisotopic (exact) mass is 1380 g/mol. The number of benzene rings is 5. The van der Waals surface area contributed by atoms with Gasteiger partial charge in [-0.05, 0) is 274 Å². The number of fused-ring (bicyclic) bond motifs is 3. The van der Waals surface area contributed by atoms with Crippen molar-refractivity contribution >= 4 is 11.4 Å². The molecule has 13 nitrogen and oxygen atoms in total. The van der Waals surface area contributed by atoms with Crippen molar-refractivity contribution in [3.05, 3.63) is 166 Å². The number of hydrogen-bond acceptors (Lipinski definition) is 13. The summed E-state index contributed by atoms with van der Waals surface area (Å²) in [5.41, 5.74) is 6.53. The van der Waals surface area contributed by atoms with Gasteiger partial charge >= 0.3 is 0 Å². The average molecular weight is 1380 g/mol. The zero-order valence-corrected chi connectivity index (χ0v) is 62.7. The van der Waals surface area contributed by atoms with Gasteiger partial charge in [0.05, 0.1) is 60.0 Å². The van der Waals surface area contributed by atoms with Crippen LogP contribution in [0.25, 0.3) is 0 Å². The highest BCUT2D eigenvalue weighted by atomic mass is 19.1. The molecule has 0 saturated carbocycles. The lowest BCUT2D eigenvalue weighted by molar-refractivity contribution is -0.150. The molecule has 1 atom stereocenters. The fourth-order valence-electron chi connectivity index (χ4n) is 10.9. The number of anilines is 2. The van der Waals surface area contributed by atoms with E-state index in [1.54, 1.807) is 0 Å². The van der Waals surface area contributed by atoms with Gasteiger partial charge in [-0.1, -0.05) is 87.5 Å². The third kappa shape index (κ3) is 37.3. The first-order valence-corrected chi connectivity index (χ1v) is 35.9. The van der Waals surface area contributed by atoms with E-state index in [0.29, 0.717) is 50.3 Å². The maximum Gasteiger partial charge on any atom is 0.223 e. The zero-order chi connectivity index (χ0) is 71.3. The second kappa shape index (κ2) is 47.8. The summed E-state index contributed by atoms with van der Waals surface area (Å²) >= 11 is 0. The molecule has 0 radical (unpaired) electrons. The molecule has 2 saturated heterocycles. The van der Waals surface area contributed by atoms with Crippen LogP contribution < -0.4 is 35.7 Å². The first-order valence-electron chi connectivity index (χ1n) is 35.9. The Morgan fingerprint density at radius 3 is 1.84 bits per heavy atom. The Labute approximate surface area is 599 Å². The van der Waals surface area contributed by atoms with Gasteiger partial charge in [0, 0.05) is 53.7 Å². The van der Waals surface area contributed by atoms with Crippen LogP contribution in [0, 0.1) is 29.9 Å². The molecule has 15 heteroatoms. The van der Waals surface area contributed by atoms with Crippen molar-refractivity contribution in [1.29, 1.82) is 0 Å². The molecule has 2 fully saturated rings. The van der Waals surface area contributed by atoms with E-state index >= 15 is 0 Å². The largest absolute Gasteiger partial charge is 0.491 e. The smallest absolute Gasteiger partial charge is 0.223 e. The molecule has 5 heterocycles. The van der Waals surface area contributed by atoms with Gasteiger partial charge in [-0.15, -0.1) is 6.42 Å². The van der Waals surface area contributed by atoms with Gasteiger partial charge in [-0.3, -0.25) is 14.9 Å².